The summed E-state index contributed by atoms with van der Waals surface area (Å²) in [6.45, 7) is 0. The molecule has 0 aliphatic heterocycles. The van der Waals surface area contributed by atoms with E-state index in [-0.39, 0.29) is 40.5 Å². The van der Waals surface area contributed by atoms with Crippen molar-refractivity contribution < 1.29 is 12.6 Å². The van der Waals surface area contributed by atoms with E-state index in [9.17, 15) is 5.48 Å². The molecule has 0 saturated heterocycles. The lowest BCUT2D eigenvalue weighted by molar-refractivity contribution is 0.669. The quantitative estimate of drug-likeness (QED) is 0.177. The van der Waals surface area contributed by atoms with Crippen LogP contribution in [0.4, 0.5) is 0 Å². The van der Waals surface area contributed by atoms with Crippen LogP contribution in [0.5, 0.6) is 0 Å². The van der Waals surface area contributed by atoms with E-state index >= 15 is 0 Å². The predicted octanol–water partition coefficient (Wildman–Crippen LogP) is 13.7. The monoisotopic (exact) mass is 628 g/mol. The fraction of sp³-hybridized carbons (Fsp3) is 0. The van der Waals surface area contributed by atoms with Gasteiger partial charge in [-0.25, -0.2) is 0 Å². The topological polar surface area (TPSA) is 13.1 Å². The molecule has 1 heterocycles. The van der Waals surface area contributed by atoms with E-state index in [1.54, 1.807) is 0 Å². The van der Waals surface area contributed by atoms with Gasteiger partial charge in [0.2, 0.25) is 0 Å². The average Bonchev–Trinajstić information content (AvgIpc) is 3.61. The van der Waals surface area contributed by atoms with Crippen LogP contribution in [0.1, 0.15) is 8.22 Å². The molecule has 0 atom stereocenters. The van der Waals surface area contributed by atoms with Crippen LogP contribution >= 0.6 is 0 Å². The number of hydrogen-bond acceptors (Lipinski definition) is 1. The van der Waals surface area contributed by atoms with Crippen molar-refractivity contribution in [3.05, 3.63) is 182 Å². The summed E-state index contributed by atoms with van der Waals surface area (Å²) in [6, 6.07) is 46.2. The highest BCUT2D eigenvalue weighted by Gasteiger charge is 2.20. The zero-order valence-electron chi connectivity index (χ0n) is 32.3. The minimum absolute atomic E-state index is 0.119. The number of hydrogen-bond donors (Lipinski definition) is 0. The summed E-state index contributed by atoms with van der Waals surface area (Å²) in [6.07, 6.45) is 0. The Morgan fingerprint density at radius 1 is 0.347 bits per heavy atom. The lowest BCUT2D eigenvalue weighted by Gasteiger charge is -2.19. The molecule has 0 saturated carbocycles. The van der Waals surface area contributed by atoms with Gasteiger partial charge in [-0.3, -0.25) is 0 Å². The Hall–Kier alpha value is -6.44. The lowest BCUT2D eigenvalue weighted by atomic mass is 9.83. The summed E-state index contributed by atoms with van der Waals surface area (Å²) in [4.78, 5) is 0. The van der Waals surface area contributed by atoms with Gasteiger partial charge in [0.25, 0.3) is 0 Å². The van der Waals surface area contributed by atoms with Gasteiger partial charge in [-0.05, 0) is 95.0 Å². The Morgan fingerprint density at radius 2 is 0.918 bits per heavy atom. The summed E-state index contributed by atoms with van der Waals surface area (Å²) in [5.74, 6) is 0. The molecule has 0 radical (unpaired) electrons. The highest BCUT2D eigenvalue weighted by molar-refractivity contribution is 6.25. The number of rotatable bonds is 4. The van der Waals surface area contributed by atoms with Crippen molar-refractivity contribution in [2.45, 2.75) is 0 Å². The van der Waals surface area contributed by atoms with Crippen LogP contribution in [0, 0.1) is 0 Å². The van der Waals surface area contributed by atoms with Crippen molar-refractivity contribution in [2.75, 3.05) is 0 Å². The first kappa shape index (κ1) is 22.2. The van der Waals surface area contributed by atoms with E-state index < -0.39 is 12.1 Å². The maximum Gasteiger partial charge on any atom is 0.136 e. The molecule has 10 aromatic rings. The van der Waals surface area contributed by atoms with E-state index in [1.165, 1.54) is 0 Å². The van der Waals surface area contributed by atoms with E-state index in [0.717, 1.165) is 54.6 Å². The van der Waals surface area contributed by atoms with Crippen LogP contribution in [0.3, 0.4) is 0 Å². The molecule has 10 rings (SSSR count). The standard InChI is InChI=1S/C48H30O/c1-3-14-31(15-4-1)33-26-27-43-45(30-33)49-44-25-13-24-37(48(43)44)36-28-29-42(35-19-8-7-18-34(35)36)47-40-22-11-9-20-38(40)46(32-16-5-2-6-17-32)39-21-10-12-23-41(39)47/h1-30H/i7D,8D,18D,19D,28D,29D. The number of benzene rings is 9. The summed E-state index contributed by atoms with van der Waals surface area (Å²) in [7, 11) is 0. The maximum atomic E-state index is 9.86. The van der Waals surface area contributed by atoms with E-state index in [2.05, 4.69) is 24.3 Å². The highest BCUT2D eigenvalue weighted by Crippen LogP contribution is 2.47. The van der Waals surface area contributed by atoms with Gasteiger partial charge in [-0.1, -0.05) is 164 Å². The van der Waals surface area contributed by atoms with Gasteiger partial charge in [-0.2, -0.15) is 0 Å². The van der Waals surface area contributed by atoms with E-state index in [1.807, 2.05) is 121 Å². The third-order valence-corrected chi connectivity index (χ3v) is 9.62. The molecule has 0 N–H and O–H groups in total. The smallest absolute Gasteiger partial charge is 0.136 e. The molecule has 0 unspecified atom stereocenters. The van der Waals surface area contributed by atoms with Crippen molar-refractivity contribution in [3.8, 4) is 44.5 Å². The van der Waals surface area contributed by atoms with Gasteiger partial charge in [-0.15, -0.1) is 0 Å². The Kier molecular flexibility index (Phi) is 5.02. The third-order valence-electron chi connectivity index (χ3n) is 9.62. The molecule has 0 amide bonds. The van der Waals surface area contributed by atoms with Gasteiger partial charge < -0.3 is 4.42 Å². The summed E-state index contributed by atoms with van der Waals surface area (Å²) < 4.78 is 62.7. The van der Waals surface area contributed by atoms with Crippen LogP contribution < -0.4 is 0 Å². The van der Waals surface area contributed by atoms with Crippen LogP contribution in [0.25, 0.3) is 98.8 Å². The van der Waals surface area contributed by atoms with Gasteiger partial charge in [0.05, 0.1) is 8.22 Å². The minimum atomic E-state index is -0.396. The molecule has 1 aromatic heterocycles. The van der Waals surface area contributed by atoms with Crippen molar-refractivity contribution in [1.29, 1.82) is 0 Å². The van der Waals surface area contributed by atoms with Crippen LogP contribution in [-0.2, 0) is 0 Å². The summed E-state index contributed by atoms with van der Waals surface area (Å²) in [5, 5.41) is 5.47. The molecule has 0 spiro atoms. The molecule has 0 aliphatic rings. The van der Waals surface area contributed by atoms with E-state index in [0.29, 0.717) is 27.9 Å². The Labute approximate surface area is 292 Å². The molecule has 0 aliphatic carbocycles. The second kappa shape index (κ2) is 11.1. The first-order valence-electron chi connectivity index (χ1n) is 19.4. The van der Waals surface area contributed by atoms with Crippen molar-refractivity contribution in [3.63, 3.8) is 0 Å². The molecule has 1 heteroatoms. The van der Waals surface area contributed by atoms with Crippen LogP contribution in [-0.4, -0.2) is 0 Å². The summed E-state index contributed by atoms with van der Waals surface area (Å²) >= 11 is 0. The minimum Gasteiger partial charge on any atom is -0.456 e. The first-order chi connectivity index (χ1) is 26.8. The van der Waals surface area contributed by atoms with Gasteiger partial charge in [0.15, 0.2) is 0 Å². The molecular formula is C48H30O. The molecule has 1 nitrogen and oxygen atoms in total. The summed E-state index contributed by atoms with van der Waals surface area (Å²) in [5.41, 5.74) is 7.14. The predicted molar refractivity (Wildman–Crippen MR) is 208 cm³/mol. The lowest BCUT2D eigenvalue weighted by Crippen LogP contribution is -1.92. The first-order valence-corrected chi connectivity index (χ1v) is 16.4. The molecule has 0 bridgehead atoms. The Balaban J connectivity index is 1.35. The third kappa shape index (κ3) is 4.33. The number of fused-ring (bicyclic) bond motifs is 6. The second-order valence-electron chi connectivity index (χ2n) is 12.3. The fourth-order valence-corrected chi connectivity index (χ4v) is 7.48. The zero-order valence-corrected chi connectivity index (χ0v) is 26.3. The SMILES string of the molecule is [2H]c1c([2H])c([2H])c2c(-c3cccc4oc5cc(-c6ccccc6)ccc5c34)c([2H])c([2H])c(-c3c4ccccc4c(-c4ccccc4)c4ccccc34)c2c1[2H]. The zero-order chi connectivity index (χ0) is 37.5. The molecule has 9 aromatic carbocycles. The van der Waals surface area contributed by atoms with Crippen molar-refractivity contribution >= 4 is 54.3 Å². The fourth-order valence-electron chi connectivity index (χ4n) is 7.48. The van der Waals surface area contributed by atoms with E-state index in [4.69, 9.17) is 7.16 Å². The molecular weight excluding hydrogens is 593 g/mol. The van der Waals surface area contributed by atoms with Crippen LogP contribution in [0.2, 0.25) is 0 Å². The average molecular weight is 629 g/mol. The molecule has 0 fully saturated rings. The van der Waals surface area contributed by atoms with Crippen molar-refractivity contribution in [1.82, 2.24) is 0 Å². The Bertz CT molecular complexity index is 3150. The largest absolute Gasteiger partial charge is 0.456 e. The number of furan rings is 1. The molecule has 49 heavy (non-hydrogen) atoms. The van der Waals surface area contributed by atoms with Gasteiger partial charge in [0, 0.05) is 10.8 Å². The van der Waals surface area contributed by atoms with Crippen LogP contribution in [0.15, 0.2) is 186 Å². The highest BCUT2D eigenvalue weighted by atomic mass is 16.3. The second-order valence-corrected chi connectivity index (χ2v) is 12.3. The molecule has 228 valence electrons. The van der Waals surface area contributed by atoms with Crippen molar-refractivity contribution in [2.24, 2.45) is 0 Å². The van der Waals surface area contributed by atoms with Gasteiger partial charge in [0.1, 0.15) is 11.2 Å². The Morgan fingerprint density at radius 3 is 1.59 bits per heavy atom. The normalized spacial score (nSPS) is 13.4. The van der Waals surface area contributed by atoms with Gasteiger partial charge >= 0.3 is 0 Å². The maximum absolute atomic E-state index is 9.86.